The number of ether oxygens (including phenoxy) is 3. The summed E-state index contributed by atoms with van der Waals surface area (Å²) >= 11 is 0. The van der Waals surface area contributed by atoms with Crippen LogP contribution in [-0.2, 0) is 20.6 Å². The number of nitrogens with zero attached hydrogens (tertiary/aromatic N) is 4. The minimum absolute atomic E-state index is 0.126. The summed E-state index contributed by atoms with van der Waals surface area (Å²) in [5.41, 5.74) is 9.32. The van der Waals surface area contributed by atoms with Gasteiger partial charge in [-0.1, -0.05) is 59.8 Å². The Morgan fingerprint density at radius 3 is 2.93 bits per heavy atom. The van der Waals surface area contributed by atoms with E-state index in [2.05, 4.69) is 19.7 Å². The van der Waals surface area contributed by atoms with Crippen LogP contribution in [0, 0.1) is 0 Å². The molecule has 1 saturated heterocycles. The molecule has 1 unspecified atom stereocenters. The molecule has 2 heterocycles. The SMILES string of the molecule is COC(=O)c1coc(C[C@H]2C[C@@H](/C=C/C=C/CN=[N+]=[N-])OC(c3ccccc3)O2)n1. The van der Waals surface area contributed by atoms with Gasteiger partial charge in [-0.2, -0.15) is 0 Å². The Balaban J connectivity index is 1.70. The molecule has 0 aliphatic carbocycles. The minimum atomic E-state index is -0.548. The lowest BCUT2D eigenvalue weighted by atomic mass is 10.1. The number of benzene rings is 1. The van der Waals surface area contributed by atoms with Crippen LogP contribution < -0.4 is 0 Å². The molecule has 0 bridgehead atoms. The molecule has 0 saturated carbocycles. The van der Waals surface area contributed by atoms with Gasteiger partial charge in [-0.25, -0.2) is 9.78 Å². The van der Waals surface area contributed by atoms with Gasteiger partial charge in [-0.05, 0) is 5.53 Å². The van der Waals surface area contributed by atoms with Crippen molar-refractivity contribution >= 4 is 5.97 Å². The monoisotopic (exact) mass is 410 g/mol. The molecule has 9 nitrogen and oxygen atoms in total. The second-order valence-electron chi connectivity index (χ2n) is 6.46. The molecule has 2 aromatic rings. The van der Waals surface area contributed by atoms with E-state index in [-0.39, 0.29) is 24.4 Å². The summed E-state index contributed by atoms with van der Waals surface area (Å²) in [5.74, 6) is -0.153. The van der Waals surface area contributed by atoms with Crippen molar-refractivity contribution in [3.8, 4) is 0 Å². The van der Waals surface area contributed by atoms with Gasteiger partial charge in [0.2, 0.25) is 0 Å². The molecule has 0 spiro atoms. The van der Waals surface area contributed by atoms with Crippen molar-refractivity contribution in [1.82, 2.24) is 4.98 Å². The number of hydrogen-bond acceptors (Lipinski definition) is 7. The fourth-order valence-corrected chi connectivity index (χ4v) is 2.97. The van der Waals surface area contributed by atoms with Crippen LogP contribution in [0.3, 0.4) is 0 Å². The molecule has 3 rings (SSSR count). The average molecular weight is 410 g/mol. The van der Waals surface area contributed by atoms with Gasteiger partial charge in [0.15, 0.2) is 17.9 Å². The molecule has 3 atom stereocenters. The number of methoxy groups -OCH3 is 1. The molecule has 1 aromatic heterocycles. The molecule has 1 aliphatic rings. The van der Waals surface area contributed by atoms with Gasteiger partial charge in [-0.3, -0.25) is 0 Å². The smallest absolute Gasteiger partial charge is 0.360 e. The van der Waals surface area contributed by atoms with Gasteiger partial charge in [-0.15, -0.1) is 0 Å². The third kappa shape index (κ3) is 6.05. The Bertz CT molecular complexity index is 934. The normalized spacial score (nSPS) is 21.6. The van der Waals surface area contributed by atoms with Gasteiger partial charge in [0.05, 0.1) is 25.7 Å². The summed E-state index contributed by atoms with van der Waals surface area (Å²) < 4.78 is 22.3. The zero-order valence-electron chi connectivity index (χ0n) is 16.5. The Labute approximate surface area is 173 Å². The van der Waals surface area contributed by atoms with Crippen molar-refractivity contribution in [2.75, 3.05) is 13.7 Å². The predicted molar refractivity (Wildman–Crippen MR) is 107 cm³/mol. The quantitative estimate of drug-likeness (QED) is 0.210. The van der Waals surface area contributed by atoms with E-state index in [1.807, 2.05) is 42.5 Å². The topological polar surface area (TPSA) is 120 Å². The van der Waals surface area contributed by atoms with Crippen molar-refractivity contribution < 1.29 is 23.4 Å². The Kier molecular flexibility index (Phi) is 7.79. The van der Waals surface area contributed by atoms with Gasteiger partial charge in [0, 0.05) is 23.4 Å². The molecule has 1 fully saturated rings. The van der Waals surface area contributed by atoms with E-state index in [4.69, 9.17) is 19.4 Å². The molecule has 30 heavy (non-hydrogen) atoms. The summed E-state index contributed by atoms with van der Waals surface area (Å²) in [5, 5.41) is 3.45. The van der Waals surface area contributed by atoms with Crippen LogP contribution in [0.2, 0.25) is 0 Å². The van der Waals surface area contributed by atoms with Crippen LogP contribution in [-0.4, -0.2) is 36.8 Å². The molecular weight excluding hydrogens is 388 g/mol. The maximum Gasteiger partial charge on any atom is 0.360 e. The summed E-state index contributed by atoms with van der Waals surface area (Å²) in [6, 6.07) is 9.65. The third-order valence-electron chi connectivity index (χ3n) is 4.35. The van der Waals surface area contributed by atoms with Crippen LogP contribution in [0.1, 0.15) is 34.7 Å². The number of oxazole rings is 1. The van der Waals surface area contributed by atoms with E-state index in [1.54, 1.807) is 12.2 Å². The van der Waals surface area contributed by atoms with Crippen LogP contribution in [0.25, 0.3) is 10.4 Å². The van der Waals surface area contributed by atoms with E-state index in [0.717, 1.165) is 5.56 Å². The molecule has 0 N–H and O–H groups in total. The number of azide groups is 1. The van der Waals surface area contributed by atoms with Gasteiger partial charge in [0.25, 0.3) is 0 Å². The number of esters is 1. The second-order valence-corrected chi connectivity index (χ2v) is 6.46. The fourth-order valence-electron chi connectivity index (χ4n) is 2.97. The van der Waals surface area contributed by atoms with Crippen molar-refractivity contribution in [1.29, 1.82) is 0 Å². The lowest BCUT2D eigenvalue weighted by Crippen LogP contribution is -2.34. The highest BCUT2D eigenvalue weighted by Crippen LogP contribution is 2.31. The van der Waals surface area contributed by atoms with E-state index in [9.17, 15) is 4.79 Å². The van der Waals surface area contributed by atoms with E-state index in [0.29, 0.717) is 18.7 Å². The van der Waals surface area contributed by atoms with Gasteiger partial charge in [0.1, 0.15) is 6.26 Å². The van der Waals surface area contributed by atoms with Crippen LogP contribution in [0.15, 0.2) is 70.4 Å². The van der Waals surface area contributed by atoms with E-state index >= 15 is 0 Å². The number of allylic oxidation sites excluding steroid dienone is 2. The van der Waals surface area contributed by atoms with Gasteiger partial charge < -0.3 is 18.6 Å². The minimum Gasteiger partial charge on any atom is -0.464 e. The molecule has 1 aliphatic heterocycles. The number of carbonyl (C=O) groups is 1. The Hall–Kier alpha value is -3.39. The Morgan fingerprint density at radius 2 is 2.17 bits per heavy atom. The van der Waals surface area contributed by atoms with Crippen LogP contribution in [0.5, 0.6) is 0 Å². The van der Waals surface area contributed by atoms with Crippen LogP contribution in [0.4, 0.5) is 0 Å². The van der Waals surface area contributed by atoms with Crippen molar-refractivity contribution in [2.24, 2.45) is 5.11 Å². The second kappa shape index (κ2) is 11.0. The molecule has 0 radical (unpaired) electrons. The zero-order valence-corrected chi connectivity index (χ0v) is 16.5. The maximum absolute atomic E-state index is 11.6. The largest absolute Gasteiger partial charge is 0.464 e. The summed E-state index contributed by atoms with van der Waals surface area (Å²) in [6.45, 7) is 0.289. The molecular formula is C21H22N4O5. The maximum atomic E-state index is 11.6. The van der Waals surface area contributed by atoms with Crippen molar-refractivity contribution in [3.05, 3.63) is 88.5 Å². The molecule has 1 aromatic carbocycles. The van der Waals surface area contributed by atoms with Crippen molar-refractivity contribution in [3.63, 3.8) is 0 Å². The first-order chi connectivity index (χ1) is 14.7. The van der Waals surface area contributed by atoms with E-state index in [1.165, 1.54) is 13.4 Å². The molecule has 0 amide bonds. The summed E-state index contributed by atoms with van der Waals surface area (Å²) in [4.78, 5) is 18.5. The Morgan fingerprint density at radius 1 is 1.33 bits per heavy atom. The fraction of sp³-hybridized carbons (Fsp3) is 0.333. The summed E-state index contributed by atoms with van der Waals surface area (Å²) in [6.07, 6.45) is 8.61. The predicted octanol–water partition coefficient (Wildman–Crippen LogP) is 4.30. The first-order valence-electron chi connectivity index (χ1n) is 9.42. The van der Waals surface area contributed by atoms with Crippen molar-refractivity contribution in [2.45, 2.75) is 31.3 Å². The number of hydrogen-bond donors (Lipinski definition) is 0. The van der Waals surface area contributed by atoms with Crippen LogP contribution >= 0.6 is 0 Å². The standard InChI is InChI=1S/C21H22N4O5/c1-27-20(26)18-14-28-19(24-18)13-17-12-16(10-6-3-7-11-23-25-22)29-21(30-17)15-8-4-2-5-9-15/h2-10,14,16-17,21H,11-13H2,1H3/b7-3+,10-6+/t16-,17-,21?/m1/s1. The number of rotatable bonds is 8. The number of aromatic nitrogens is 1. The first kappa shape index (κ1) is 21.3. The highest BCUT2D eigenvalue weighted by Gasteiger charge is 2.31. The zero-order chi connectivity index (χ0) is 21.2. The summed E-state index contributed by atoms with van der Waals surface area (Å²) in [7, 11) is 1.29. The highest BCUT2D eigenvalue weighted by molar-refractivity contribution is 5.86. The lowest BCUT2D eigenvalue weighted by Gasteiger charge is -2.34. The number of carbonyl (C=O) groups excluding carboxylic acids is 1. The van der Waals surface area contributed by atoms with E-state index < -0.39 is 12.3 Å². The highest BCUT2D eigenvalue weighted by atomic mass is 16.7. The van der Waals surface area contributed by atoms with Gasteiger partial charge >= 0.3 is 5.97 Å². The molecule has 156 valence electrons. The average Bonchev–Trinajstić information content (AvgIpc) is 3.24. The third-order valence-corrected chi connectivity index (χ3v) is 4.35. The lowest BCUT2D eigenvalue weighted by molar-refractivity contribution is -0.237. The first-order valence-corrected chi connectivity index (χ1v) is 9.42. The molecule has 9 heteroatoms.